The number of alkyl halides is 1. The third kappa shape index (κ3) is 2.38. The molecule has 4 heteroatoms. The fourth-order valence-corrected chi connectivity index (χ4v) is 3.08. The molecule has 1 nitrogen and oxygen atoms in total. The van der Waals surface area contributed by atoms with Gasteiger partial charge >= 0.3 is 0 Å². The molecule has 0 saturated heterocycles. The molecule has 1 unspecified atom stereocenters. The molecule has 2 aromatic rings. The van der Waals surface area contributed by atoms with Gasteiger partial charge < -0.3 is 4.74 Å². The van der Waals surface area contributed by atoms with Crippen LogP contribution in [0, 0.1) is 12.7 Å². The van der Waals surface area contributed by atoms with Gasteiger partial charge in [0.1, 0.15) is 11.6 Å². The van der Waals surface area contributed by atoms with Gasteiger partial charge in [-0.05, 0) is 36.2 Å². The average Bonchev–Trinajstić information content (AvgIpc) is 2.85. The van der Waals surface area contributed by atoms with Gasteiger partial charge in [-0.3, -0.25) is 0 Å². The highest BCUT2D eigenvalue weighted by molar-refractivity contribution is 6.31. The van der Waals surface area contributed by atoms with Gasteiger partial charge in [-0.1, -0.05) is 23.7 Å². The summed E-state index contributed by atoms with van der Waals surface area (Å²) < 4.78 is 19.7. The average molecular weight is 311 g/mol. The zero-order valence-electron chi connectivity index (χ0n) is 10.9. The van der Waals surface area contributed by atoms with E-state index in [1.807, 2.05) is 19.1 Å². The van der Waals surface area contributed by atoms with Gasteiger partial charge in [0.05, 0.1) is 12.0 Å². The number of rotatable bonds is 2. The zero-order valence-corrected chi connectivity index (χ0v) is 12.4. The largest absolute Gasteiger partial charge is 0.493 e. The van der Waals surface area contributed by atoms with E-state index in [4.69, 9.17) is 27.9 Å². The maximum Gasteiger partial charge on any atom is 0.128 e. The monoisotopic (exact) mass is 310 g/mol. The molecule has 3 rings (SSSR count). The standard InChI is InChI=1S/C16H13Cl2FO/c1-9-2-3-12(14(19)6-9)15(18)13-8-11(17)7-10-4-5-20-16(10)13/h2-3,6-8,15H,4-5H2,1H3. The molecule has 0 N–H and O–H groups in total. The minimum Gasteiger partial charge on any atom is -0.493 e. The Morgan fingerprint density at radius 1 is 1.20 bits per heavy atom. The van der Waals surface area contributed by atoms with Crippen LogP contribution >= 0.6 is 23.2 Å². The third-order valence-corrected chi connectivity index (χ3v) is 4.17. The van der Waals surface area contributed by atoms with Gasteiger partial charge in [0.2, 0.25) is 0 Å². The lowest BCUT2D eigenvalue weighted by Crippen LogP contribution is -2.00. The van der Waals surface area contributed by atoms with E-state index in [9.17, 15) is 4.39 Å². The normalized spacial score (nSPS) is 14.8. The van der Waals surface area contributed by atoms with E-state index < -0.39 is 5.38 Å². The molecule has 2 aromatic carbocycles. The second-order valence-electron chi connectivity index (χ2n) is 4.97. The second kappa shape index (κ2) is 5.27. The van der Waals surface area contributed by atoms with Crippen LogP contribution in [0.2, 0.25) is 5.02 Å². The summed E-state index contributed by atoms with van der Waals surface area (Å²) in [5.74, 6) is 0.436. The van der Waals surface area contributed by atoms with Crippen LogP contribution in [0.4, 0.5) is 4.39 Å². The SMILES string of the molecule is Cc1ccc(C(Cl)c2cc(Cl)cc3c2OCC3)c(F)c1. The predicted octanol–water partition coefficient (Wildman–Crippen LogP) is 5.05. The Hall–Kier alpha value is -1.25. The minimum absolute atomic E-state index is 0.309. The minimum atomic E-state index is -0.610. The van der Waals surface area contributed by atoms with Crippen LogP contribution < -0.4 is 4.74 Å². The summed E-state index contributed by atoms with van der Waals surface area (Å²) in [6, 6.07) is 8.67. The van der Waals surface area contributed by atoms with Crippen LogP contribution in [0.15, 0.2) is 30.3 Å². The van der Waals surface area contributed by atoms with Crippen molar-refractivity contribution in [1.82, 2.24) is 0 Å². The van der Waals surface area contributed by atoms with Crippen molar-refractivity contribution in [2.24, 2.45) is 0 Å². The van der Waals surface area contributed by atoms with Gasteiger partial charge in [-0.2, -0.15) is 0 Å². The summed E-state index contributed by atoms with van der Waals surface area (Å²) in [5.41, 5.74) is 3.07. The lowest BCUT2D eigenvalue weighted by Gasteiger charge is -2.16. The highest BCUT2D eigenvalue weighted by atomic mass is 35.5. The van der Waals surface area contributed by atoms with Gasteiger partial charge in [0, 0.05) is 22.6 Å². The van der Waals surface area contributed by atoms with E-state index in [1.165, 1.54) is 6.07 Å². The summed E-state index contributed by atoms with van der Waals surface area (Å²) >= 11 is 12.6. The molecular formula is C16H13Cl2FO. The molecule has 0 radical (unpaired) electrons. The first-order valence-electron chi connectivity index (χ1n) is 6.41. The Bertz CT molecular complexity index is 670. The fraction of sp³-hybridized carbons (Fsp3) is 0.250. The van der Waals surface area contributed by atoms with Crippen LogP contribution in [-0.4, -0.2) is 6.61 Å². The van der Waals surface area contributed by atoms with Gasteiger partial charge in [-0.15, -0.1) is 11.6 Å². The molecule has 1 aliphatic rings. The van der Waals surface area contributed by atoms with Crippen molar-refractivity contribution >= 4 is 23.2 Å². The molecule has 1 heterocycles. The molecule has 0 fully saturated rings. The Morgan fingerprint density at radius 2 is 2.00 bits per heavy atom. The Morgan fingerprint density at radius 3 is 2.75 bits per heavy atom. The van der Waals surface area contributed by atoms with Gasteiger partial charge in [-0.25, -0.2) is 4.39 Å². The first-order chi connectivity index (χ1) is 9.56. The van der Waals surface area contributed by atoms with E-state index in [-0.39, 0.29) is 5.82 Å². The molecular weight excluding hydrogens is 298 g/mol. The molecule has 20 heavy (non-hydrogen) atoms. The van der Waals surface area contributed by atoms with Crippen molar-refractivity contribution in [3.63, 3.8) is 0 Å². The van der Waals surface area contributed by atoms with Crippen molar-refractivity contribution in [2.75, 3.05) is 6.61 Å². The maximum absolute atomic E-state index is 14.1. The smallest absolute Gasteiger partial charge is 0.128 e. The molecule has 1 aliphatic heterocycles. The second-order valence-corrected chi connectivity index (χ2v) is 5.84. The molecule has 0 saturated carbocycles. The predicted molar refractivity (Wildman–Crippen MR) is 79.5 cm³/mol. The maximum atomic E-state index is 14.1. The number of ether oxygens (including phenoxy) is 1. The van der Waals surface area contributed by atoms with Gasteiger partial charge in [0.25, 0.3) is 0 Å². The summed E-state index contributed by atoms with van der Waals surface area (Å²) in [6.45, 7) is 2.46. The number of aryl methyl sites for hydroxylation is 1. The number of fused-ring (bicyclic) bond motifs is 1. The molecule has 0 spiro atoms. The molecule has 0 amide bonds. The quantitative estimate of drug-likeness (QED) is 0.705. The molecule has 0 aromatic heterocycles. The van der Waals surface area contributed by atoms with Crippen LogP contribution in [-0.2, 0) is 6.42 Å². The highest BCUT2D eigenvalue weighted by Crippen LogP contribution is 2.42. The van der Waals surface area contributed by atoms with Crippen LogP contribution in [0.1, 0.15) is 27.6 Å². The van der Waals surface area contributed by atoms with E-state index in [0.29, 0.717) is 17.2 Å². The van der Waals surface area contributed by atoms with E-state index in [0.717, 1.165) is 28.9 Å². The highest BCUT2D eigenvalue weighted by Gasteiger charge is 2.24. The third-order valence-electron chi connectivity index (χ3n) is 3.48. The van der Waals surface area contributed by atoms with Gasteiger partial charge in [0.15, 0.2) is 0 Å². The van der Waals surface area contributed by atoms with Crippen molar-refractivity contribution in [2.45, 2.75) is 18.7 Å². The van der Waals surface area contributed by atoms with Crippen molar-refractivity contribution in [3.8, 4) is 5.75 Å². The molecule has 1 atom stereocenters. The lowest BCUT2D eigenvalue weighted by molar-refractivity contribution is 0.353. The summed E-state index contributed by atoms with van der Waals surface area (Å²) in [6.07, 6.45) is 0.808. The van der Waals surface area contributed by atoms with Crippen LogP contribution in [0.3, 0.4) is 0 Å². The Labute approximate surface area is 127 Å². The van der Waals surface area contributed by atoms with Crippen LogP contribution in [0.5, 0.6) is 5.75 Å². The summed E-state index contributed by atoms with van der Waals surface area (Å²) in [5, 5.41) is -0.0106. The number of hydrogen-bond acceptors (Lipinski definition) is 1. The first-order valence-corrected chi connectivity index (χ1v) is 7.23. The summed E-state index contributed by atoms with van der Waals surface area (Å²) in [4.78, 5) is 0. The van der Waals surface area contributed by atoms with E-state index in [2.05, 4.69) is 0 Å². The van der Waals surface area contributed by atoms with Crippen molar-refractivity contribution in [3.05, 3.63) is 63.4 Å². The first kappa shape index (κ1) is 13.7. The zero-order chi connectivity index (χ0) is 14.3. The molecule has 0 aliphatic carbocycles. The fourth-order valence-electron chi connectivity index (χ4n) is 2.49. The molecule has 104 valence electrons. The van der Waals surface area contributed by atoms with E-state index >= 15 is 0 Å². The topological polar surface area (TPSA) is 9.23 Å². The van der Waals surface area contributed by atoms with E-state index in [1.54, 1.807) is 12.1 Å². The number of benzene rings is 2. The Kier molecular flexibility index (Phi) is 3.61. The van der Waals surface area contributed by atoms with Crippen molar-refractivity contribution in [1.29, 1.82) is 0 Å². The Balaban J connectivity index is 2.09. The van der Waals surface area contributed by atoms with Crippen LogP contribution in [0.25, 0.3) is 0 Å². The number of hydrogen-bond donors (Lipinski definition) is 0. The molecule has 0 bridgehead atoms. The van der Waals surface area contributed by atoms with Crippen molar-refractivity contribution < 1.29 is 9.13 Å². The lowest BCUT2D eigenvalue weighted by atomic mass is 9.99. The summed E-state index contributed by atoms with van der Waals surface area (Å²) in [7, 11) is 0. The number of halogens is 3.